The van der Waals surface area contributed by atoms with Gasteiger partial charge in [-0.1, -0.05) is 11.6 Å². The average Bonchev–Trinajstić information content (AvgIpc) is 2.37. The minimum Gasteiger partial charge on any atom is -0.494 e. The van der Waals surface area contributed by atoms with Crippen molar-refractivity contribution in [3.63, 3.8) is 0 Å². The molecule has 6 heteroatoms. The molecule has 5 nitrogen and oxygen atoms in total. The number of methoxy groups -OCH3 is 1. The molecule has 0 saturated heterocycles. The summed E-state index contributed by atoms with van der Waals surface area (Å²) < 4.78 is 6.96. The number of benzene rings is 1. The molecule has 0 unspecified atom stereocenters. The summed E-state index contributed by atoms with van der Waals surface area (Å²) in [5.41, 5.74) is 6.63. The summed E-state index contributed by atoms with van der Waals surface area (Å²) in [6.45, 7) is 5.28. The summed E-state index contributed by atoms with van der Waals surface area (Å²) in [7, 11) is 1.57. The van der Waals surface area contributed by atoms with E-state index in [2.05, 4.69) is 5.10 Å². The van der Waals surface area contributed by atoms with Gasteiger partial charge in [-0.05, 0) is 39.0 Å². The van der Waals surface area contributed by atoms with Crippen LogP contribution in [0.4, 0.5) is 0 Å². The van der Waals surface area contributed by atoms with Gasteiger partial charge in [0.25, 0.3) is 0 Å². The lowest BCUT2D eigenvalue weighted by atomic mass is 10.0. The lowest BCUT2D eigenvalue weighted by molar-refractivity contribution is 0.410. The lowest BCUT2D eigenvalue weighted by Crippen LogP contribution is -2.37. The van der Waals surface area contributed by atoms with Crippen LogP contribution in [0.5, 0.6) is 5.75 Å². The molecule has 0 aliphatic rings. The Labute approximate surface area is 128 Å². The van der Waals surface area contributed by atoms with Crippen LogP contribution in [0.3, 0.4) is 0 Å². The monoisotopic (exact) mass is 307 g/mol. The van der Waals surface area contributed by atoms with E-state index in [1.165, 1.54) is 6.07 Å². The number of halogens is 1. The standard InChI is InChI=1S/C15H18ClN3O2/c1-9-7-12(20)14(15(2,3)17)18-19(9)11-8-10(16)5-6-13(11)21-4/h5-8H,17H2,1-4H3. The zero-order valence-corrected chi connectivity index (χ0v) is 13.2. The van der Waals surface area contributed by atoms with E-state index in [0.717, 1.165) is 0 Å². The Morgan fingerprint density at radius 3 is 2.57 bits per heavy atom. The number of aryl methyl sites for hydroxylation is 1. The molecule has 112 valence electrons. The molecule has 0 radical (unpaired) electrons. The van der Waals surface area contributed by atoms with Crippen molar-refractivity contribution in [3.8, 4) is 11.4 Å². The topological polar surface area (TPSA) is 70.1 Å². The molecule has 0 fully saturated rings. The molecule has 1 aromatic carbocycles. The van der Waals surface area contributed by atoms with Crippen molar-refractivity contribution in [2.75, 3.05) is 7.11 Å². The normalized spacial score (nSPS) is 11.5. The highest BCUT2D eigenvalue weighted by atomic mass is 35.5. The van der Waals surface area contributed by atoms with Crippen LogP contribution in [0.25, 0.3) is 5.69 Å². The number of hydrogen-bond donors (Lipinski definition) is 1. The molecular weight excluding hydrogens is 290 g/mol. The highest BCUT2D eigenvalue weighted by molar-refractivity contribution is 6.30. The van der Waals surface area contributed by atoms with E-state index in [1.807, 2.05) is 0 Å². The van der Waals surface area contributed by atoms with Gasteiger partial charge >= 0.3 is 0 Å². The van der Waals surface area contributed by atoms with Crippen molar-refractivity contribution < 1.29 is 4.74 Å². The highest BCUT2D eigenvalue weighted by Crippen LogP contribution is 2.26. The maximum Gasteiger partial charge on any atom is 0.205 e. The third-order valence-electron chi connectivity index (χ3n) is 3.09. The molecule has 0 amide bonds. The Morgan fingerprint density at radius 1 is 1.33 bits per heavy atom. The van der Waals surface area contributed by atoms with E-state index in [0.29, 0.717) is 22.2 Å². The van der Waals surface area contributed by atoms with Gasteiger partial charge < -0.3 is 10.5 Å². The smallest absolute Gasteiger partial charge is 0.205 e. The number of rotatable bonds is 3. The van der Waals surface area contributed by atoms with Crippen LogP contribution in [0.15, 0.2) is 29.1 Å². The fourth-order valence-corrected chi connectivity index (χ4v) is 2.23. The molecule has 21 heavy (non-hydrogen) atoms. The fourth-order valence-electron chi connectivity index (χ4n) is 2.07. The van der Waals surface area contributed by atoms with Crippen LogP contribution in [-0.4, -0.2) is 16.9 Å². The van der Waals surface area contributed by atoms with E-state index in [4.69, 9.17) is 22.1 Å². The van der Waals surface area contributed by atoms with E-state index in [1.54, 1.807) is 50.8 Å². The van der Waals surface area contributed by atoms with Gasteiger partial charge in [0.05, 0.1) is 12.6 Å². The molecule has 0 atom stereocenters. The van der Waals surface area contributed by atoms with Crippen molar-refractivity contribution in [1.82, 2.24) is 9.78 Å². The largest absolute Gasteiger partial charge is 0.494 e. The van der Waals surface area contributed by atoms with Crippen molar-refractivity contribution in [3.05, 3.63) is 50.9 Å². The fraction of sp³-hybridized carbons (Fsp3) is 0.333. The molecule has 0 spiro atoms. The first-order chi connectivity index (χ1) is 9.74. The molecular formula is C15H18ClN3O2. The summed E-state index contributed by atoms with van der Waals surface area (Å²) in [6.07, 6.45) is 0. The third-order valence-corrected chi connectivity index (χ3v) is 3.32. The molecule has 0 aliphatic heterocycles. The predicted molar refractivity (Wildman–Crippen MR) is 83.3 cm³/mol. The van der Waals surface area contributed by atoms with E-state index >= 15 is 0 Å². The van der Waals surface area contributed by atoms with Gasteiger partial charge in [-0.2, -0.15) is 5.10 Å². The zero-order valence-electron chi connectivity index (χ0n) is 12.5. The Bertz CT molecular complexity index is 733. The van der Waals surface area contributed by atoms with Crippen LogP contribution in [0.1, 0.15) is 25.2 Å². The molecule has 1 aromatic heterocycles. The second-order valence-corrected chi connectivity index (χ2v) is 5.88. The number of aromatic nitrogens is 2. The second kappa shape index (κ2) is 5.50. The first-order valence-corrected chi connectivity index (χ1v) is 6.86. The second-order valence-electron chi connectivity index (χ2n) is 5.45. The molecule has 0 saturated carbocycles. The Balaban J connectivity index is 2.76. The number of ether oxygens (including phenoxy) is 1. The highest BCUT2D eigenvalue weighted by Gasteiger charge is 2.22. The summed E-state index contributed by atoms with van der Waals surface area (Å²) in [6, 6.07) is 6.73. The predicted octanol–water partition coefficient (Wildman–Crippen LogP) is 2.40. The quantitative estimate of drug-likeness (QED) is 0.945. The Hall–Kier alpha value is -1.85. The molecule has 0 bridgehead atoms. The first-order valence-electron chi connectivity index (χ1n) is 6.48. The van der Waals surface area contributed by atoms with Gasteiger partial charge in [0.15, 0.2) is 0 Å². The van der Waals surface area contributed by atoms with E-state index in [9.17, 15) is 4.79 Å². The van der Waals surface area contributed by atoms with Gasteiger partial charge in [-0.15, -0.1) is 0 Å². The SMILES string of the molecule is COc1ccc(Cl)cc1-n1nc(C(C)(C)N)c(=O)cc1C. The minimum atomic E-state index is -0.835. The van der Waals surface area contributed by atoms with Gasteiger partial charge in [-0.25, -0.2) is 4.68 Å². The maximum atomic E-state index is 12.1. The minimum absolute atomic E-state index is 0.183. The Morgan fingerprint density at radius 2 is 2.00 bits per heavy atom. The van der Waals surface area contributed by atoms with E-state index < -0.39 is 5.54 Å². The van der Waals surface area contributed by atoms with Crippen molar-refractivity contribution >= 4 is 11.6 Å². The van der Waals surface area contributed by atoms with Crippen LogP contribution < -0.4 is 15.9 Å². The van der Waals surface area contributed by atoms with Crippen LogP contribution in [-0.2, 0) is 5.54 Å². The van der Waals surface area contributed by atoms with Gasteiger partial charge in [-0.3, -0.25) is 4.79 Å². The third kappa shape index (κ3) is 3.09. The van der Waals surface area contributed by atoms with Crippen molar-refractivity contribution in [1.29, 1.82) is 0 Å². The number of nitrogens with zero attached hydrogens (tertiary/aromatic N) is 2. The molecule has 1 heterocycles. The summed E-state index contributed by atoms with van der Waals surface area (Å²) >= 11 is 6.05. The van der Waals surface area contributed by atoms with Gasteiger partial charge in [0.2, 0.25) is 5.43 Å². The average molecular weight is 308 g/mol. The molecule has 2 aromatic rings. The zero-order chi connectivity index (χ0) is 15.8. The molecule has 0 aliphatic carbocycles. The number of nitrogens with two attached hydrogens (primary N) is 1. The molecule has 2 N–H and O–H groups in total. The van der Waals surface area contributed by atoms with Crippen molar-refractivity contribution in [2.24, 2.45) is 5.73 Å². The lowest BCUT2D eigenvalue weighted by Gasteiger charge is -2.20. The number of hydrogen-bond acceptors (Lipinski definition) is 4. The van der Waals surface area contributed by atoms with Gasteiger partial charge in [0.1, 0.15) is 17.1 Å². The first kappa shape index (κ1) is 15.5. The summed E-state index contributed by atoms with van der Waals surface area (Å²) in [5, 5.41) is 4.96. The van der Waals surface area contributed by atoms with Crippen LogP contribution >= 0.6 is 11.6 Å². The van der Waals surface area contributed by atoms with Gasteiger partial charge in [0, 0.05) is 16.8 Å². The summed E-state index contributed by atoms with van der Waals surface area (Å²) in [5.74, 6) is 0.611. The summed E-state index contributed by atoms with van der Waals surface area (Å²) in [4.78, 5) is 12.1. The molecule has 2 rings (SSSR count). The van der Waals surface area contributed by atoms with Crippen LogP contribution in [0.2, 0.25) is 5.02 Å². The van der Waals surface area contributed by atoms with E-state index in [-0.39, 0.29) is 11.1 Å². The van der Waals surface area contributed by atoms with Crippen molar-refractivity contribution in [2.45, 2.75) is 26.3 Å². The Kier molecular flexibility index (Phi) is 4.07. The maximum absolute atomic E-state index is 12.1. The van der Waals surface area contributed by atoms with Crippen LogP contribution in [0, 0.1) is 6.92 Å².